The predicted octanol–water partition coefficient (Wildman–Crippen LogP) is 1.22. The highest BCUT2D eigenvalue weighted by molar-refractivity contribution is 5.56. The highest BCUT2D eigenvalue weighted by Crippen LogP contribution is 2.14. The first-order chi connectivity index (χ1) is 7.40. The average Bonchev–Trinajstić information content (AvgIpc) is 2.31. The van der Waals surface area contributed by atoms with Crippen LogP contribution >= 0.6 is 0 Å². The van der Waals surface area contributed by atoms with Crippen LogP contribution in [0.5, 0.6) is 0 Å². The zero-order valence-electron chi connectivity index (χ0n) is 8.44. The maximum absolute atomic E-state index is 8.91. The molecule has 0 saturated carbocycles. The van der Waals surface area contributed by atoms with Gasteiger partial charge in [0, 0.05) is 13.1 Å². The number of nitrogens with one attached hydrogen (secondary N) is 1. The summed E-state index contributed by atoms with van der Waals surface area (Å²) in [4.78, 5) is 0. The van der Waals surface area contributed by atoms with E-state index in [-0.39, 0.29) is 0 Å². The predicted molar refractivity (Wildman–Crippen MR) is 57.2 cm³/mol. The first-order valence-corrected chi connectivity index (χ1v) is 4.98. The Kier molecular flexibility index (Phi) is 3.18. The lowest BCUT2D eigenvalue weighted by Gasteiger charge is -2.28. The Hall–Kier alpha value is -1.57. The standard InChI is InChI=1S/C11H13N3O/c12-9-10-3-1-2-4-11(10)13-14-5-7-15-8-6-14/h1-4,13H,5-8H2. The van der Waals surface area contributed by atoms with Crippen LogP contribution in [0.4, 0.5) is 5.69 Å². The van der Waals surface area contributed by atoms with E-state index in [0.29, 0.717) is 5.56 Å². The molecule has 1 aromatic carbocycles. The number of para-hydroxylation sites is 1. The lowest BCUT2D eigenvalue weighted by atomic mass is 10.2. The SMILES string of the molecule is N#Cc1ccccc1NN1CCOCC1. The fourth-order valence-corrected chi connectivity index (χ4v) is 1.52. The number of anilines is 1. The van der Waals surface area contributed by atoms with Crippen LogP contribution in [-0.4, -0.2) is 31.3 Å². The van der Waals surface area contributed by atoms with Crippen molar-refractivity contribution in [2.75, 3.05) is 31.7 Å². The van der Waals surface area contributed by atoms with Gasteiger partial charge in [-0.1, -0.05) is 12.1 Å². The molecule has 2 rings (SSSR count). The van der Waals surface area contributed by atoms with Crippen LogP contribution < -0.4 is 5.43 Å². The maximum Gasteiger partial charge on any atom is 0.101 e. The summed E-state index contributed by atoms with van der Waals surface area (Å²) in [6.07, 6.45) is 0. The summed E-state index contributed by atoms with van der Waals surface area (Å²) < 4.78 is 5.25. The summed E-state index contributed by atoms with van der Waals surface area (Å²) in [5.41, 5.74) is 4.76. The minimum atomic E-state index is 0.670. The minimum absolute atomic E-state index is 0.670. The van der Waals surface area contributed by atoms with Gasteiger partial charge in [0.1, 0.15) is 6.07 Å². The van der Waals surface area contributed by atoms with Crippen molar-refractivity contribution in [2.24, 2.45) is 0 Å². The van der Waals surface area contributed by atoms with Crippen LogP contribution in [0, 0.1) is 11.3 Å². The molecule has 1 fully saturated rings. The third kappa shape index (κ3) is 2.46. The molecular formula is C11H13N3O. The summed E-state index contributed by atoms with van der Waals surface area (Å²) in [5, 5.41) is 11.0. The van der Waals surface area contributed by atoms with Gasteiger partial charge in [-0.15, -0.1) is 0 Å². The highest BCUT2D eigenvalue weighted by Gasteiger charge is 2.11. The Morgan fingerprint density at radius 2 is 2.00 bits per heavy atom. The molecule has 0 radical (unpaired) electrons. The van der Waals surface area contributed by atoms with E-state index >= 15 is 0 Å². The largest absolute Gasteiger partial charge is 0.379 e. The van der Waals surface area contributed by atoms with Crippen molar-refractivity contribution >= 4 is 5.69 Å². The molecule has 0 bridgehead atoms. The summed E-state index contributed by atoms with van der Waals surface area (Å²) in [5.74, 6) is 0. The molecule has 1 heterocycles. The molecule has 1 aliphatic heterocycles. The number of ether oxygens (including phenoxy) is 1. The second-order valence-electron chi connectivity index (χ2n) is 3.37. The van der Waals surface area contributed by atoms with E-state index in [1.54, 1.807) is 0 Å². The fraction of sp³-hybridized carbons (Fsp3) is 0.364. The Labute approximate surface area is 89.0 Å². The van der Waals surface area contributed by atoms with Gasteiger partial charge in [-0.2, -0.15) is 5.26 Å². The van der Waals surface area contributed by atoms with Gasteiger partial charge in [0.05, 0.1) is 24.5 Å². The van der Waals surface area contributed by atoms with Crippen molar-refractivity contribution in [1.82, 2.24) is 5.01 Å². The number of nitriles is 1. The summed E-state index contributed by atoms with van der Waals surface area (Å²) in [6.45, 7) is 3.17. The Morgan fingerprint density at radius 1 is 1.27 bits per heavy atom. The van der Waals surface area contributed by atoms with Crippen molar-refractivity contribution in [2.45, 2.75) is 0 Å². The Morgan fingerprint density at radius 3 is 2.73 bits per heavy atom. The molecule has 1 N–H and O–H groups in total. The maximum atomic E-state index is 8.91. The van der Waals surface area contributed by atoms with Gasteiger partial charge in [0.25, 0.3) is 0 Å². The molecule has 0 aliphatic carbocycles. The number of hydrogen-bond acceptors (Lipinski definition) is 4. The molecular weight excluding hydrogens is 190 g/mol. The number of hydrazine groups is 1. The van der Waals surface area contributed by atoms with Gasteiger partial charge in [0.2, 0.25) is 0 Å². The molecule has 4 heteroatoms. The fourth-order valence-electron chi connectivity index (χ4n) is 1.52. The Bertz CT molecular complexity index is 366. The van der Waals surface area contributed by atoms with Gasteiger partial charge in [0.15, 0.2) is 0 Å². The monoisotopic (exact) mass is 203 g/mol. The van der Waals surface area contributed by atoms with Gasteiger partial charge >= 0.3 is 0 Å². The van der Waals surface area contributed by atoms with Crippen LogP contribution in [0.15, 0.2) is 24.3 Å². The van der Waals surface area contributed by atoms with Gasteiger partial charge in [-0.05, 0) is 12.1 Å². The molecule has 1 saturated heterocycles. The smallest absolute Gasteiger partial charge is 0.101 e. The molecule has 0 atom stereocenters. The first kappa shape index (κ1) is 9.97. The van der Waals surface area contributed by atoms with Crippen molar-refractivity contribution in [3.63, 3.8) is 0 Å². The number of morpholine rings is 1. The summed E-state index contributed by atoms with van der Waals surface area (Å²) in [6, 6.07) is 9.67. The number of nitrogens with zero attached hydrogens (tertiary/aromatic N) is 2. The van der Waals surface area contributed by atoms with Crippen LogP contribution in [0.3, 0.4) is 0 Å². The molecule has 1 aliphatic rings. The molecule has 0 spiro atoms. The topological polar surface area (TPSA) is 48.3 Å². The third-order valence-corrected chi connectivity index (χ3v) is 2.34. The lowest BCUT2D eigenvalue weighted by Crippen LogP contribution is -2.40. The van der Waals surface area contributed by atoms with Crippen molar-refractivity contribution < 1.29 is 4.74 Å². The van der Waals surface area contributed by atoms with Crippen LogP contribution in [0.2, 0.25) is 0 Å². The number of benzene rings is 1. The normalized spacial score (nSPS) is 17.0. The van der Waals surface area contributed by atoms with E-state index < -0.39 is 0 Å². The van der Waals surface area contributed by atoms with Gasteiger partial charge < -0.3 is 10.2 Å². The van der Waals surface area contributed by atoms with Crippen molar-refractivity contribution in [3.05, 3.63) is 29.8 Å². The molecule has 1 aromatic rings. The lowest BCUT2D eigenvalue weighted by molar-refractivity contribution is 0.0497. The van der Waals surface area contributed by atoms with Crippen LogP contribution in [0.25, 0.3) is 0 Å². The molecule has 0 unspecified atom stereocenters. The second-order valence-corrected chi connectivity index (χ2v) is 3.37. The molecule has 15 heavy (non-hydrogen) atoms. The molecule has 78 valence electrons. The van der Waals surface area contributed by atoms with Crippen LogP contribution in [-0.2, 0) is 4.74 Å². The van der Waals surface area contributed by atoms with Gasteiger partial charge in [-0.3, -0.25) is 0 Å². The second kappa shape index (κ2) is 4.78. The van der Waals surface area contributed by atoms with E-state index in [9.17, 15) is 0 Å². The minimum Gasteiger partial charge on any atom is -0.379 e. The zero-order valence-corrected chi connectivity index (χ0v) is 8.44. The molecule has 4 nitrogen and oxygen atoms in total. The van der Waals surface area contributed by atoms with Crippen molar-refractivity contribution in [1.29, 1.82) is 5.26 Å². The van der Waals surface area contributed by atoms with Crippen LogP contribution in [0.1, 0.15) is 5.56 Å². The molecule has 0 amide bonds. The first-order valence-electron chi connectivity index (χ1n) is 4.98. The number of rotatable bonds is 2. The third-order valence-electron chi connectivity index (χ3n) is 2.34. The van der Waals surface area contributed by atoms with E-state index in [0.717, 1.165) is 32.0 Å². The summed E-state index contributed by atoms with van der Waals surface area (Å²) >= 11 is 0. The highest BCUT2D eigenvalue weighted by atomic mass is 16.5. The summed E-state index contributed by atoms with van der Waals surface area (Å²) in [7, 11) is 0. The number of hydrogen-bond donors (Lipinski definition) is 1. The zero-order chi connectivity index (χ0) is 10.5. The van der Waals surface area contributed by atoms with E-state index in [2.05, 4.69) is 16.5 Å². The van der Waals surface area contributed by atoms with Crippen molar-refractivity contribution in [3.8, 4) is 6.07 Å². The van der Waals surface area contributed by atoms with E-state index in [1.165, 1.54) is 0 Å². The molecule has 0 aromatic heterocycles. The van der Waals surface area contributed by atoms with E-state index in [4.69, 9.17) is 10.00 Å². The average molecular weight is 203 g/mol. The van der Waals surface area contributed by atoms with Gasteiger partial charge in [-0.25, -0.2) is 5.01 Å². The Balaban J connectivity index is 2.06. The van der Waals surface area contributed by atoms with E-state index in [1.807, 2.05) is 24.3 Å². The quantitative estimate of drug-likeness (QED) is 0.785.